The van der Waals surface area contributed by atoms with Crippen molar-refractivity contribution in [2.24, 2.45) is 0 Å². The van der Waals surface area contributed by atoms with Crippen molar-refractivity contribution in [3.8, 4) is 5.75 Å². The highest BCUT2D eigenvalue weighted by Gasteiger charge is 2.30. The van der Waals surface area contributed by atoms with Crippen LogP contribution in [0.3, 0.4) is 0 Å². The van der Waals surface area contributed by atoms with Crippen LogP contribution in [0.5, 0.6) is 5.75 Å². The first-order valence-corrected chi connectivity index (χ1v) is 11.2. The van der Waals surface area contributed by atoms with Crippen LogP contribution in [-0.2, 0) is 27.5 Å². The Balaban J connectivity index is 1.57. The van der Waals surface area contributed by atoms with E-state index in [0.29, 0.717) is 0 Å². The lowest BCUT2D eigenvalue weighted by atomic mass is 10.2. The predicted octanol–water partition coefficient (Wildman–Crippen LogP) is 4.54. The highest BCUT2D eigenvalue weighted by atomic mass is 32.2. The molecule has 0 fully saturated rings. The highest BCUT2D eigenvalue weighted by Crippen LogP contribution is 2.30. The Hall–Kier alpha value is -3.37. The molecule has 0 unspecified atom stereocenters. The number of ether oxygens (including phenoxy) is 1. The molecule has 0 saturated heterocycles. The number of alkyl halides is 3. The van der Waals surface area contributed by atoms with E-state index in [9.17, 15) is 26.4 Å². The summed E-state index contributed by atoms with van der Waals surface area (Å²) in [5.74, 6) is -0.424. The fourth-order valence-corrected chi connectivity index (χ4v) is 4.09. The van der Waals surface area contributed by atoms with Crippen molar-refractivity contribution < 1.29 is 31.1 Å². The molecule has 1 N–H and O–H groups in total. The summed E-state index contributed by atoms with van der Waals surface area (Å²) in [5, 5.41) is 2.33. The molecular weight excluding hydrogens is 457 g/mol. The predicted molar refractivity (Wildman–Crippen MR) is 117 cm³/mol. The molecule has 0 aliphatic rings. The summed E-state index contributed by atoms with van der Waals surface area (Å²) < 4.78 is 70.4. The summed E-state index contributed by atoms with van der Waals surface area (Å²) in [4.78, 5) is 12.1. The Labute approximate surface area is 189 Å². The summed E-state index contributed by atoms with van der Waals surface area (Å²) in [6.45, 7) is -0.257. The van der Waals surface area contributed by atoms with Gasteiger partial charge in [-0.3, -0.25) is 4.79 Å². The number of rotatable bonds is 8. The zero-order chi connectivity index (χ0) is 24.1. The molecule has 3 aromatic carbocycles. The van der Waals surface area contributed by atoms with Gasteiger partial charge >= 0.3 is 6.18 Å². The monoisotopic (exact) mass is 478 g/mol. The molecule has 6 nitrogen and oxygen atoms in total. The Bertz CT molecular complexity index is 1200. The van der Waals surface area contributed by atoms with Crippen LogP contribution < -0.4 is 10.1 Å². The Morgan fingerprint density at radius 1 is 0.970 bits per heavy atom. The molecule has 0 radical (unpaired) electrons. The van der Waals surface area contributed by atoms with E-state index in [1.807, 2.05) is 30.3 Å². The standard InChI is InChI=1S/C23H21F3N2O4S/c1-28(15-17-6-3-2-4-7-17)33(30,31)21-12-10-20(11-13-21)32-16-22(29)27-19-9-5-8-18(14-19)23(24,25)26/h2-14H,15-16H2,1H3,(H,27,29). The van der Waals surface area contributed by atoms with Crippen molar-refractivity contribution in [2.75, 3.05) is 19.0 Å². The van der Waals surface area contributed by atoms with Crippen molar-refractivity contribution in [3.63, 3.8) is 0 Å². The minimum absolute atomic E-state index is 0.0127. The summed E-state index contributed by atoms with van der Waals surface area (Å²) in [7, 11) is -2.26. The molecule has 0 aliphatic carbocycles. The van der Waals surface area contributed by atoms with Crippen LogP contribution in [0.15, 0.2) is 83.8 Å². The second kappa shape index (κ2) is 10.1. The molecule has 33 heavy (non-hydrogen) atoms. The molecule has 3 aromatic rings. The molecule has 3 rings (SSSR count). The number of nitrogens with one attached hydrogen (secondary N) is 1. The Morgan fingerprint density at radius 2 is 1.64 bits per heavy atom. The van der Waals surface area contributed by atoms with Crippen molar-refractivity contribution in [1.29, 1.82) is 0 Å². The zero-order valence-electron chi connectivity index (χ0n) is 17.5. The molecule has 0 atom stereocenters. The van der Waals surface area contributed by atoms with Gasteiger partial charge in [-0.2, -0.15) is 17.5 Å². The van der Waals surface area contributed by atoms with E-state index in [1.54, 1.807) is 0 Å². The number of carbonyl (C=O) groups is 1. The van der Waals surface area contributed by atoms with Gasteiger partial charge in [-0.05, 0) is 48.0 Å². The lowest BCUT2D eigenvalue weighted by Crippen LogP contribution is -2.26. The first-order valence-electron chi connectivity index (χ1n) is 9.76. The van der Waals surface area contributed by atoms with Gasteiger partial charge in [-0.25, -0.2) is 8.42 Å². The Kier molecular flexibility index (Phi) is 7.39. The molecule has 0 aromatic heterocycles. The fraction of sp³-hybridized carbons (Fsp3) is 0.174. The average Bonchev–Trinajstić information content (AvgIpc) is 2.78. The third kappa shape index (κ3) is 6.56. The van der Waals surface area contributed by atoms with Gasteiger partial charge in [0.05, 0.1) is 10.5 Å². The molecule has 0 bridgehead atoms. The summed E-state index contributed by atoms with van der Waals surface area (Å²) in [6, 6.07) is 18.9. The number of carbonyl (C=O) groups excluding carboxylic acids is 1. The SMILES string of the molecule is CN(Cc1ccccc1)S(=O)(=O)c1ccc(OCC(=O)Nc2cccc(C(F)(F)F)c2)cc1. The minimum Gasteiger partial charge on any atom is -0.484 e. The minimum atomic E-state index is -4.52. The third-order valence-electron chi connectivity index (χ3n) is 4.62. The molecular formula is C23H21F3N2O4S. The van der Waals surface area contributed by atoms with Crippen LogP contribution >= 0.6 is 0 Å². The topological polar surface area (TPSA) is 75.7 Å². The number of sulfonamides is 1. The van der Waals surface area contributed by atoms with E-state index in [2.05, 4.69) is 5.32 Å². The number of hydrogen-bond acceptors (Lipinski definition) is 4. The van der Waals surface area contributed by atoms with Crippen LogP contribution in [0, 0.1) is 0 Å². The van der Waals surface area contributed by atoms with E-state index in [-0.39, 0.29) is 22.9 Å². The third-order valence-corrected chi connectivity index (χ3v) is 6.44. The fourth-order valence-electron chi connectivity index (χ4n) is 2.93. The van der Waals surface area contributed by atoms with Gasteiger partial charge in [0.15, 0.2) is 6.61 Å². The zero-order valence-corrected chi connectivity index (χ0v) is 18.4. The van der Waals surface area contributed by atoms with E-state index < -0.39 is 34.3 Å². The van der Waals surface area contributed by atoms with Gasteiger partial charge in [0, 0.05) is 19.3 Å². The van der Waals surface area contributed by atoms with Gasteiger partial charge < -0.3 is 10.1 Å². The first kappa shape index (κ1) is 24.3. The number of benzene rings is 3. The molecule has 0 aliphatic heterocycles. The number of hydrogen-bond donors (Lipinski definition) is 1. The van der Waals surface area contributed by atoms with Crippen molar-refractivity contribution >= 4 is 21.6 Å². The van der Waals surface area contributed by atoms with Crippen LogP contribution in [0.1, 0.15) is 11.1 Å². The van der Waals surface area contributed by atoms with Crippen LogP contribution in [-0.4, -0.2) is 32.3 Å². The average molecular weight is 478 g/mol. The molecule has 0 spiro atoms. The first-order chi connectivity index (χ1) is 15.6. The Morgan fingerprint density at radius 3 is 2.27 bits per heavy atom. The van der Waals surface area contributed by atoms with Gasteiger partial charge in [-0.1, -0.05) is 36.4 Å². The van der Waals surface area contributed by atoms with Gasteiger partial charge in [0.1, 0.15) is 5.75 Å². The summed E-state index contributed by atoms with van der Waals surface area (Å²) >= 11 is 0. The maximum Gasteiger partial charge on any atom is 0.416 e. The molecule has 10 heteroatoms. The smallest absolute Gasteiger partial charge is 0.416 e. The lowest BCUT2D eigenvalue weighted by Gasteiger charge is -2.17. The number of nitrogens with zero attached hydrogens (tertiary/aromatic N) is 1. The summed E-state index contributed by atoms with van der Waals surface area (Å²) in [6.07, 6.45) is -4.52. The van der Waals surface area contributed by atoms with Crippen molar-refractivity contribution in [1.82, 2.24) is 4.31 Å². The van der Waals surface area contributed by atoms with Gasteiger partial charge in [0.2, 0.25) is 10.0 Å². The number of amides is 1. The van der Waals surface area contributed by atoms with Crippen LogP contribution in [0.4, 0.5) is 18.9 Å². The van der Waals surface area contributed by atoms with E-state index >= 15 is 0 Å². The van der Waals surface area contributed by atoms with E-state index in [4.69, 9.17) is 4.74 Å². The highest BCUT2D eigenvalue weighted by molar-refractivity contribution is 7.89. The largest absolute Gasteiger partial charge is 0.484 e. The van der Waals surface area contributed by atoms with Crippen LogP contribution in [0.2, 0.25) is 0 Å². The second-order valence-electron chi connectivity index (χ2n) is 7.13. The molecule has 1 amide bonds. The van der Waals surface area contributed by atoms with Crippen molar-refractivity contribution in [3.05, 3.63) is 90.0 Å². The van der Waals surface area contributed by atoms with E-state index in [1.165, 1.54) is 47.8 Å². The lowest BCUT2D eigenvalue weighted by molar-refractivity contribution is -0.137. The van der Waals surface area contributed by atoms with E-state index in [0.717, 1.165) is 17.7 Å². The molecule has 0 heterocycles. The second-order valence-corrected chi connectivity index (χ2v) is 9.18. The quantitative estimate of drug-likeness (QED) is 0.516. The number of halogens is 3. The number of anilines is 1. The van der Waals surface area contributed by atoms with Crippen molar-refractivity contribution in [2.45, 2.75) is 17.6 Å². The molecule has 0 saturated carbocycles. The molecule has 174 valence electrons. The van der Waals surface area contributed by atoms with Gasteiger partial charge in [-0.15, -0.1) is 0 Å². The maximum absolute atomic E-state index is 12.8. The van der Waals surface area contributed by atoms with Gasteiger partial charge in [0.25, 0.3) is 5.91 Å². The van der Waals surface area contributed by atoms with Crippen LogP contribution in [0.25, 0.3) is 0 Å². The summed E-state index contributed by atoms with van der Waals surface area (Å²) in [5.41, 5.74) is -0.0492. The normalized spacial score (nSPS) is 11.9. The maximum atomic E-state index is 12.8.